The van der Waals surface area contributed by atoms with Crippen LogP contribution in [0.4, 0.5) is 48.6 Å². The molecule has 0 bridgehead atoms. The van der Waals surface area contributed by atoms with E-state index in [2.05, 4.69) is 51.7 Å². The van der Waals surface area contributed by atoms with Crippen LogP contribution in [0.25, 0.3) is 0 Å². The average molecular weight is 1580 g/mol. The molecule has 0 aromatic heterocycles. The number of carbonyl (C=O) groups is 2. The third-order valence-corrected chi connectivity index (χ3v) is 20.3. The number of benzene rings is 6. The van der Waals surface area contributed by atoms with Crippen molar-refractivity contribution in [1.29, 1.82) is 0 Å². The Balaban J connectivity index is 0.000000240. The van der Waals surface area contributed by atoms with Crippen molar-refractivity contribution in [1.82, 2.24) is 19.6 Å². The number of aromatic hydroxyl groups is 2. The number of rotatable bonds is 14. The molecule has 0 unspecified atom stereocenters. The van der Waals surface area contributed by atoms with Gasteiger partial charge in [-0.25, -0.2) is 13.6 Å². The molecule has 0 radical (unpaired) electrons. The molecule has 4 saturated carbocycles. The minimum atomic E-state index is -1.28. The van der Waals surface area contributed by atoms with Crippen molar-refractivity contribution >= 4 is 63.3 Å². The number of aromatic carboxylic acids is 1. The van der Waals surface area contributed by atoms with Gasteiger partial charge < -0.3 is 60.2 Å². The summed E-state index contributed by atoms with van der Waals surface area (Å²) in [5.74, 6) is -4.98. The van der Waals surface area contributed by atoms with E-state index < -0.39 is 46.2 Å². The molecule has 1 amide bonds. The van der Waals surface area contributed by atoms with Crippen molar-refractivity contribution in [2.45, 2.75) is 170 Å². The number of nitro groups is 2. The zero-order valence-corrected chi connectivity index (χ0v) is 62.3. The van der Waals surface area contributed by atoms with E-state index in [9.17, 15) is 48.8 Å². The number of carboxylic acid groups (broad SMARTS) is 1. The van der Waals surface area contributed by atoms with Gasteiger partial charge in [-0.1, -0.05) is 68.0 Å². The van der Waals surface area contributed by atoms with Gasteiger partial charge in [0.05, 0.1) is 41.3 Å². The minimum Gasteiger partial charge on any atom is -0.504 e. The summed E-state index contributed by atoms with van der Waals surface area (Å²) in [6.07, 6.45) is 19.7. The number of likely N-dealkylation sites (tertiary alicyclic amines) is 1. The van der Waals surface area contributed by atoms with Crippen molar-refractivity contribution in [3.05, 3.63) is 175 Å². The fourth-order valence-electron chi connectivity index (χ4n) is 13.5. The third kappa shape index (κ3) is 28.4. The SMILES string of the molecule is C.C.C.C.C1CCCN(C2CC2)CC1.CC1(C)COC(c2cc(C(=O)O)cc(F)c2O)OC1.COc1cc(C(=O)Nc2ccc(N3CCCN(C4CC4)CC3)cc2)cc(F)c1O.Nc1ccc(N2CCCN(C3CC3)CC2)cc1.O=[N+]([O-])c1ccc(Cl)cc1.O=[N+]([O-])c1ccc(N2CCCN(C3CC3)CC2)cc1.[Fe]. The van der Waals surface area contributed by atoms with E-state index in [0.29, 0.717) is 23.9 Å². The summed E-state index contributed by atoms with van der Waals surface area (Å²) in [5.41, 5.74) is 10.6. The largest absolute Gasteiger partial charge is 0.504 e. The van der Waals surface area contributed by atoms with Gasteiger partial charge >= 0.3 is 5.97 Å². The summed E-state index contributed by atoms with van der Waals surface area (Å²) in [6, 6.07) is 36.4. The average Bonchev–Trinajstić information content (AvgIpc) is 1.56. The van der Waals surface area contributed by atoms with Gasteiger partial charge in [-0.15, -0.1) is 0 Å². The first-order valence-corrected chi connectivity index (χ1v) is 37.1. The molecular formula is C82H118ClF2FeN11O12. The number of phenols is 2. The Labute approximate surface area is 659 Å². The summed E-state index contributed by atoms with van der Waals surface area (Å²) in [6.45, 7) is 20.9. The maximum absolute atomic E-state index is 13.8. The molecule has 5 aliphatic heterocycles. The number of hydrogen-bond acceptors (Lipinski definition) is 19. The number of nitro benzene ring substituents is 2. The normalized spacial score (nSPS) is 18.9. The van der Waals surface area contributed by atoms with E-state index >= 15 is 0 Å². The standard InChI is InChI=1S/C22H26FN3O3.C14H19N3O2.C14H21N3.C13H15FO5.C9H17N.C6H4ClNO2.4CH4.Fe/c1-29-20-14-15(13-19(23)21(20)27)22(28)24-16-3-5-17(6-4-16)25-9-2-10-26(12-11-25)18-7-8-18;18-17(19)14-6-4-13(5-7-14)16-9-1-8-15(10-11-16)12-2-3-12;15-12-2-4-13(5-3-12)16-8-1-9-17(11-10-16)14-6-7-14;1-13(2)5-18-12(19-6-13)8-3-7(11(16)17)4-9(14)10(8)15;1-2-4-8-10(7-3-1)9-5-6-9;7-5-1-3-6(4-2-5)8(9)10;;;;;/h3-6,13-14,18,27H,2,7-12H2,1H3,(H,24,28);4-7,12H,1-3,8-11H2;2-5,14H,1,6-11,15H2;3-4,12,15H,5-6H2,1-2H3,(H,16,17);9H,1-8H2;1-4H;4*1H4;. The second-order valence-corrected chi connectivity index (χ2v) is 29.4. The number of anilines is 5. The molecule has 5 saturated heterocycles. The van der Waals surface area contributed by atoms with E-state index in [-0.39, 0.29) is 90.9 Å². The molecule has 4 aliphatic carbocycles. The molecule has 6 aromatic carbocycles. The predicted octanol–water partition coefficient (Wildman–Crippen LogP) is 16.8. The zero-order valence-electron chi connectivity index (χ0n) is 60.5. The van der Waals surface area contributed by atoms with Crippen LogP contribution in [0.1, 0.15) is 172 Å². The number of non-ortho nitro benzene ring substituents is 2. The Morgan fingerprint density at radius 1 is 0.523 bits per heavy atom. The van der Waals surface area contributed by atoms with Gasteiger partial charge in [0.25, 0.3) is 17.3 Å². The first-order valence-electron chi connectivity index (χ1n) is 36.8. The van der Waals surface area contributed by atoms with Gasteiger partial charge in [0.1, 0.15) is 0 Å². The van der Waals surface area contributed by atoms with Gasteiger partial charge in [-0.3, -0.25) is 39.7 Å². The summed E-state index contributed by atoms with van der Waals surface area (Å²) in [4.78, 5) is 61.0. The Kier molecular flexibility index (Phi) is 37.2. The number of nitrogens with two attached hydrogens (primary N) is 1. The van der Waals surface area contributed by atoms with E-state index in [1.165, 1.54) is 179 Å². The second kappa shape index (κ2) is 44.2. The number of amides is 1. The third-order valence-electron chi connectivity index (χ3n) is 20.1. The quantitative estimate of drug-likeness (QED) is 0.0293. The van der Waals surface area contributed by atoms with E-state index in [0.717, 1.165) is 112 Å². The van der Waals surface area contributed by atoms with Crippen LogP contribution in [0, 0.1) is 37.3 Å². The molecule has 27 heteroatoms. The summed E-state index contributed by atoms with van der Waals surface area (Å²) in [5, 5.41) is 52.1. The van der Waals surface area contributed by atoms with Crippen molar-refractivity contribution in [3.63, 3.8) is 0 Å². The van der Waals surface area contributed by atoms with Crippen LogP contribution in [0.2, 0.25) is 5.02 Å². The molecule has 0 atom stereocenters. The molecular weight excluding hydrogens is 1460 g/mol. The summed E-state index contributed by atoms with van der Waals surface area (Å²) < 4.78 is 43.0. The Morgan fingerprint density at radius 3 is 1.28 bits per heavy atom. The number of carbonyl (C=O) groups excluding carboxylic acids is 1. The maximum Gasteiger partial charge on any atom is 0.335 e. The van der Waals surface area contributed by atoms with Gasteiger partial charge in [0, 0.05) is 188 Å². The molecule has 23 nitrogen and oxygen atoms in total. The summed E-state index contributed by atoms with van der Waals surface area (Å²) >= 11 is 5.49. The summed E-state index contributed by atoms with van der Waals surface area (Å²) in [7, 11) is 1.31. The van der Waals surface area contributed by atoms with Crippen LogP contribution in [0.15, 0.2) is 121 Å². The van der Waals surface area contributed by atoms with Crippen LogP contribution >= 0.6 is 11.6 Å². The molecule has 5 heterocycles. The molecule has 109 heavy (non-hydrogen) atoms. The number of phenolic OH excluding ortho intramolecular Hbond substituents is 2. The van der Waals surface area contributed by atoms with Crippen LogP contribution in [0.3, 0.4) is 0 Å². The Morgan fingerprint density at radius 2 is 0.890 bits per heavy atom. The Hall–Kier alpha value is -7.91. The van der Waals surface area contributed by atoms with Crippen molar-refractivity contribution < 1.29 is 74.8 Å². The second-order valence-electron chi connectivity index (χ2n) is 28.9. The molecule has 15 rings (SSSR count). The molecule has 0 spiro atoms. The van der Waals surface area contributed by atoms with Crippen LogP contribution in [-0.4, -0.2) is 193 Å². The van der Waals surface area contributed by atoms with E-state index in [1.54, 1.807) is 12.1 Å². The minimum absolute atomic E-state index is 0. The Bertz CT molecular complexity index is 3770. The number of halogens is 3. The number of hydrogen-bond donors (Lipinski definition) is 5. The van der Waals surface area contributed by atoms with Gasteiger partial charge in [0.2, 0.25) is 0 Å². The molecule has 9 fully saturated rings. The van der Waals surface area contributed by atoms with Gasteiger partial charge in [-0.2, -0.15) is 0 Å². The van der Waals surface area contributed by atoms with Crippen LogP contribution in [-0.2, 0) is 26.5 Å². The van der Waals surface area contributed by atoms with Gasteiger partial charge in [-0.05, 0) is 194 Å². The van der Waals surface area contributed by atoms with Crippen LogP contribution < -0.4 is 30.5 Å². The number of nitrogens with zero attached hydrogens (tertiary/aromatic N) is 9. The van der Waals surface area contributed by atoms with Gasteiger partial charge in [0.15, 0.2) is 35.2 Å². The molecule has 6 N–H and O–H groups in total. The first kappa shape index (κ1) is 91.7. The topological polar surface area (TPSA) is 270 Å². The van der Waals surface area contributed by atoms with Crippen molar-refractivity contribution in [3.8, 4) is 17.2 Å². The zero-order chi connectivity index (χ0) is 73.9. The number of carboxylic acids is 1. The van der Waals surface area contributed by atoms with Crippen LogP contribution in [0.5, 0.6) is 17.2 Å². The number of nitrogens with one attached hydrogen (secondary N) is 1. The molecule has 9 aliphatic rings. The molecule has 602 valence electrons. The number of nitrogen functional groups attached to an aromatic ring is 1. The molecule has 6 aromatic rings. The number of methoxy groups -OCH3 is 1. The smallest absolute Gasteiger partial charge is 0.335 e. The van der Waals surface area contributed by atoms with E-state index in [1.807, 2.05) is 62.4 Å². The fraction of sp³-hybridized carbons (Fsp3) is 0.537. The van der Waals surface area contributed by atoms with E-state index in [4.69, 9.17) is 36.7 Å². The van der Waals surface area contributed by atoms with Crippen molar-refractivity contribution in [2.75, 3.05) is 138 Å². The predicted molar refractivity (Wildman–Crippen MR) is 429 cm³/mol. The fourth-order valence-corrected chi connectivity index (χ4v) is 13.7. The monoisotopic (exact) mass is 1580 g/mol. The van der Waals surface area contributed by atoms with Crippen molar-refractivity contribution in [2.24, 2.45) is 5.41 Å². The first-order chi connectivity index (χ1) is 50.1. The number of ether oxygens (including phenoxy) is 3. The maximum atomic E-state index is 13.8.